The van der Waals surface area contributed by atoms with Crippen molar-refractivity contribution in [2.24, 2.45) is 0 Å². The zero-order valence-electron chi connectivity index (χ0n) is 11.9. The molecule has 0 radical (unpaired) electrons. The Kier molecular flexibility index (Phi) is 6.76. The van der Waals surface area contributed by atoms with Gasteiger partial charge in [0.1, 0.15) is 0 Å². The summed E-state index contributed by atoms with van der Waals surface area (Å²) in [5.41, 5.74) is 1.67. The van der Waals surface area contributed by atoms with Gasteiger partial charge in [0.2, 0.25) is 0 Å². The van der Waals surface area contributed by atoms with Crippen LogP contribution < -0.4 is 0 Å². The second-order valence-electron chi connectivity index (χ2n) is 5.61. The van der Waals surface area contributed by atoms with Crippen LogP contribution in [-0.4, -0.2) is 10.1 Å². The van der Waals surface area contributed by atoms with Crippen molar-refractivity contribution in [2.75, 3.05) is 0 Å². The van der Waals surface area contributed by atoms with E-state index in [0.717, 1.165) is 11.1 Å². The average Bonchev–Trinajstić information content (AvgIpc) is 2.61. The fourth-order valence-electron chi connectivity index (χ4n) is 1.11. The second kappa shape index (κ2) is 7.03. The first-order chi connectivity index (χ1) is 7.80. The predicted octanol–water partition coefficient (Wildman–Crippen LogP) is 3.94. The molecular formula is C14H20N2OW. The van der Waals surface area contributed by atoms with Crippen LogP contribution in [0.1, 0.15) is 47.2 Å². The molecule has 2 rings (SSSR count). The van der Waals surface area contributed by atoms with Gasteiger partial charge in [-0.1, -0.05) is 31.9 Å². The molecule has 0 amide bonds. The molecule has 4 heteroatoms. The molecule has 0 atom stereocenters. The maximum absolute atomic E-state index is 4.92. The van der Waals surface area contributed by atoms with Crippen LogP contribution in [0.25, 0.3) is 11.0 Å². The average molecular weight is 416 g/mol. The van der Waals surface area contributed by atoms with Gasteiger partial charge in [0, 0.05) is 6.20 Å². The number of aromatic nitrogens is 2. The van der Waals surface area contributed by atoms with Crippen LogP contribution in [0.5, 0.6) is 0 Å². The minimum atomic E-state index is 0. The zero-order valence-corrected chi connectivity index (χ0v) is 14.8. The third-order valence-corrected chi connectivity index (χ3v) is 1.94. The molecule has 18 heavy (non-hydrogen) atoms. The second-order valence-corrected chi connectivity index (χ2v) is 5.61. The number of rotatable bonds is 0. The molecule has 0 N–H and O–H groups in total. The predicted molar refractivity (Wildman–Crippen MR) is 69.6 cm³/mol. The largest absolute Gasteiger partial charge is 2.00 e. The minimum Gasteiger partial charge on any atom is -0.386 e. The topological polar surface area (TPSA) is 38.9 Å². The van der Waals surface area contributed by atoms with Crippen molar-refractivity contribution in [1.29, 1.82) is 0 Å². The molecule has 2 aromatic rings. The van der Waals surface area contributed by atoms with Gasteiger partial charge in [0.25, 0.3) is 0 Å². The Labute approximate surface area is 124 Å². The van der Waals surface area contributed by atoms with Gasteiger partial charge >= 0.3 is 21.1 Å². The third kappa shape index (κ3) is 5.30. The maximum Gasteiger partial charge on any atom is 2.00 e. The summed E-state index contributed by atoms with van der Waals surface area (Å²) in [4.78, 5) is 4.19. The molecule has 2 aromatic heterocycles. The van der Waals surface area contributed by atoms with E-state index in [1.807, 2.05) is 6.07 Å². The Morgan fingerprint density at radius 1 is 1.22 bits per heavy atom. The van der Waals surface area contributed by atoms with Crippen LogP contribution >= 0.6 is 0 Å². The van der Waals surface area contributed by atoms with Gasteiger partial charge in [-0.05, 0) is 11.6 Å². The van der Waals surface area contributed by atoms with Gasteiger partial charge < -0.3 is 15.4 Å². The molecule has 0 bridgehead atoms. The molecule has 0 aromatic carbocycles. The Balaban J connectivity index is 0.000000512. The van der Waals surface area contributed by atoms with Crippen LogP contribution in [0.15, 0.2) is 16.8 Å². The number of fused-ring (bicyclic) bond motifs is 1. The summed E-state index contributed by atoms with van der Waals surface area (Å²) in [7, 11) is 0. The van der Waals surface area contributed by atoms with Crippen molar-refractivity contribution in [3.8, 4) is 0 Å². The molecule has 0 aliphatic carbocycles. The van der Waals surface area contributed by atoms with Gasteiger partial charge in [-0.15, -0.1) is 11.2 Å². The van der Waals surface area contributed by atoms with Crippen molar-refractivity contribution >= 4 is 11.0 Å². The summed E-state index contributed by atoms with van der Waals surface area (Å²) in [6.45, 7) is 12.6. The summed E-state index contributed by atoms with van der Waals surface area (Å²) < 4.78 is 4.92. The summed E-state index contributed by atoms with van der Waals surface area (Å²) in [6, 6.07) is 1.99. The van der Waals surface area contributed by atoms with Gasteiger partial charge in [-0.25, -0.2) is 0 Å². The van der Waals surface area contributed by atoms with E-state index in [9.17, 15) is 0 Å². The Bertz CT molecular complexity index is 469. The van der Waals surface area contributed by atoms with E-state index in [-0.39, 0.29) is 26.5 Å². The number of nitrogens with zero attached hydrogens (tertiary/aromatic N) is 2. The molecule has 0 unspecified atom stereocenters. The molecule has 98 valence electrons. The van der Waals surface area contributed by atoms with Crippen molar-refractivity contribution in [3.05, 3.63) is 30.1 Å². The fraction of sp³-hybridized carbons (Fsp3) is 0.500. The standard InChI is InChI=1S/C10H11N2O.C4H9.W/c1-10(2,3)9-4-7-5-12-13-8(7)6-11-9;1-4(2)3;/h4-5H,1-3H3;1-3H3;/q2*-1;+2. The van der Waals surface area contributed by atoms with Crippen LogP contribution in [0.3, 0.4) is 0 Å². The van der Waals surface area contributed by atoms with Gasteiger partial charge in [-0.2, -0.15) is 20.8 Å². The number of hydrogen-bond donors (Lipinski definition) is 0. The number of hydrogen-bond acceptors (Lipinski definition) is 3. The Morgan fingerprint density at radius 3 is 2.28 bits per heavy atom. The molecule has 0 saturated heterocycles. The monoisotopic (exact) mass is 416 g/mol. The first-order valence-corrected chi connectivity index (χ1v) is 5.71. The third-order valence-electron chi connectivity index (χ3n) is 1.94. The fourth-order valence-corrected chi connectivity index (χ4v) is 1.11. The Hall–Kier alpha value is -0.692. The molecule has 0 fully saturated rings. The van der Waals surface area contributed by atoms with E-state index < -0.39 is 0 Å². The summed E-state index contributed by atoms with van der Waals surface area (Å²) >= 11 is 0. The van der Waals surface area contributed by atoms with Crippen molar-refractivity contribution in [3.63, 3.8) is 0 Å². The minimum absolute atomic E-state index is 0. The van der Waals surface area contributed by atoms with E-state index >= 15 is 0 Å². The molecule has 0 aliphatic heterocycles. The van der Waals surface area contributed by atoms with E-state index in [0.29, 0.717) is 5.58 Å². The summed E-state index contributed by atoms with van der Waals surface area (Å²) in [5, 5.41) is 4.64. The van der Waals surface area contributed by atoms with Crippen molar-refractivity contribution < 1.29 is 25.6 Å². The maximum atomic E-state index is 4.92. The molecule has 0 spiro atoms. The molecule has 3 nitrogen and oxygen atoms in total. The van der Waals surface area contributed by atoms with Crippen LogP contribution in [-0.2, 0) is 26.5 Å². The van der Waals surface area contributed by atoms with Crippen molar-refractivity contribution in [2.45, 2.75) is 47.0 Å². The van der Waals surface area contributed by atoms with Crippen LogP contribution in [0, 0.1) is 12.1 Å². The number of pyridine rings is 1. The van der Waals surface area contributed by atoms with Crippen molar-refractivity contribution in [1.82, 2.24) is 10.1 Å². The van der Waals surface area contributed by atoms with E-state index in [2.05, 4.69) is 57.9 Å². The normalized spacial score (nSPS) is 10.8. The van der Waals surface area contributed by atoms with Gasteiger partial charge in [0.15, 0.2) is 0 Å². The smallest absolute Gasteiger partial charge is 0.386 e. The summed E-state index contributed by atoms with van der Waals surface area (Å²) in [5.74, 6) is 1.42. The van der Waals surface area contributed by atoms with Gasteiger partial charge in [0.05, 0.1) is 5.58 Å². The molecule has 0 saturated carbocycles. The molecule has 0 aliphatic rings. The van der Waals surface area contributed by atoms with Gasteiger partial charge in [-0.3, -0.25) is 0 Å². The molecular weight excluding hydrogens is 396 g/mol. The quantitative estimate of drug-likeness (QED) is 0.611. The SMILES string of the molecule is CC(C)(C)c1cc2cnoc2[c-]n1.C[C-](C)C.[W+2]. The molecule has 2 heterocycles. The zero-order chi connectivity index (χ0) is 13.1. The van der Waals surface area contributed by atoms with E-state index in [4.69, 9.17) is 4.52 Å². The van der Waals surface area contributed by atoms with Crippen LogP contribution in [0.4, 0.5) is 0 Å². The summed E-state index contributed by atoms with van der Waals surface area (Å²) in [6.07, 6.45) is 4.51. The Morgan fingerprint density at radius 2 is 1.78 bits per heavy atom. The first-order valence-electron chi connectivity index (χ1n) is 5.71. The van der Waals surface area contributed by atoms with E-state index in [1.165, 1.54) is 5.92 Å². The van der Waals surface area contributed by atoms with E-state index in [1.54, 1.807) is 6.20 Å². The van der Waals surface area contributed by atoms with Crippen LogP contribution in [0.2, 0.25) is 0 Å². The first kappa shape index (κ1) is 17.3.